The fourth-order valence-electron chi connectivity index (χ4n) is 5.03. The van der Waals surface area contributed by atoms with E-state index in [4.69, 9.17) is 9.72 Å². The van der Waals surface area contributed by atoms with Crippen molar-refractivity contribution in [3.05, 3.63) is 35.9 Å². The Balaban J connectivity index is 0.00000441. The number of hydrogen-bond acceptors (Lipinski definition) is 6. The van der Waals surface area contributed by atoms with Gasteiger partial charge in [0, 0.05) is 44.7 Å². The number of morpholine rings is 1. The second-order valence-electron chi connectivity index (χ2n) is 10.3. The summed E-state index contributed by atoms with van der Waals surface area (Å²) in [5, 5.41) is 6.09. The molecule has 0 unspecified atom stereocenters. The highest BCUT2D eigenvalue weighted by Gasteiger charge is 2.36. The van der Waals surface area contributed by atoms with Crippen LogP contribution in [0.4, 0.5) is 35.3 Å². The van der Waals surface area contributed by atoms with E-state index in [0.29, 0.717) is 57.2 Å². The molecule has 2 atom stereocenters. The van der Waals surface area contributed by atoms with Gasteiger partial charge in [-0.25, -0.2) is 9.78 Å². The molecule has 2 N–H and O–H groups in total. The fourth-order valence-corrected chi connectivity index (χ4v) is 5.03. The number of nitrogens with one attached hydrogen (secondary N) is 2. The lowest BCUT2D eigenvalue weighted by molar-refractivity contribution is -0.143. The van der Waals surface area contributed by atoms with Crippen LogP contribution in [-0.4, -0.2) is 73.3 Å². The van der Waals surface area contributed by atoms with Gasteiger partial charge in [0.15, 0.2) is 5.78 Å². The van der Waals surface area contributed by atoms with Crippen LogP contribution in [0.1, 0.15) is 38.7 Å². The van der Waals surface area contributed by atoms with E-state index < -0.39 is 30.6 Å². The van der Waals surface area contributed by atoms with Gasteiger partial charge in [-0.15, -0.1) is 0 Å². The Morgan fingerprint density at radius 1 is 1.15 bits per heavy atom. The second-order valence-corrected chi connectivity index (χ2v) is 10.3. The summed E-state index contributed by atoms with van der Waals surface area (Å²) in [6.07, 6.45) is -4.36. The van der Waals surface area contributed by atoms with E-state index in [1.165, 1.54) is 4.90 Å². The Morgan fingerprint density at radius 2 is 1.88 bits per heavy atom. The first-order valence-electron chi connectivity index (χ1n) is 13.4. The van der Waals surface area contributed by atoms with Gasteiger partial charge in [0.25, 0.3) is 0 Å². The first-order chi connectivity index (χ1) is 18.5. The molecule has 8 nitrogen and oxygen atoms in total. The second kappa shape index (κ2) is 13.6. The zero-order valence-corrected chi connectivity index (χ0v) is 24.1. The number of aromatic nitrogens is 1. The Hall–Kier alpha value is -2.99. The van der Waals surface area contributed by atoms with E-state index in [1.54, 1.807) is 6.07 Å². The van der Waals surface area contributed by atoms with E-state index in [-0.39, 0.29) is 25.8 Å². The summed E-state index contributed by atoms with van der Waals surface area (Å²) in [6, 6.07) is 8.60. The number of likely N-dealkylation sites (tertiary alicyclic amines) is 1. The number of ketones is 1. The first kappa shape index (κ1) is 31.5. The molecule has 2 aliphatic heterocycles. The maximum atomic E-state index is 12.9. The molecule has 0 saturated carbocycles. The molecule has 1 aromatic carbocycles. The number of Topliss-reactive ketones (excluding diaryl/α,β-unsaturated/α-hetero) is 1. The van der Waals surface area contributed by atoms with Crippen LogP contribution in [0, 0.1) is 12.8 Å². The van der Waals surface area contributed by atoms with Crippen LogP contribution >= 0.6 is 13.5 Å². The van der Waals surface area contributed by atoms with Crippen LogP contribution in [0.3, 0.4) is 0 Å². The van der Waals surface area contributed by atoms with Crippen molar-refractivity contribution < 1.29 is 27.5 Å². The molecule has 4 rings (SSSR count). The molecule has 0 bridgehead atoms. The molecule has 40 heavy (non-hydrogen) atoms. The summed E-state index contributed by atoms with van der Waals surface area (Å²) in [5.41, 5.74) is 3.26. The first-order valence-corrected chi connectivity index (χ1v) is 13.4. The Labute approximate surface area is 240 Å². The Kier molecular flexibility index (Phi) is 10.7. The molecule has 0 aliphatic carbocycles. The van der Waals surface area contributed by atoms with E-state index in [9.17, 15) is 22.8 Å². The number of urea groups is 1. The minimum Gasteiger partial charge on any atom is -0.378 e. The molecule has 2 aromatic rings. The number of hydrogen-bond donors (Lipinski definition) is 2. The molecule has 2 amide bonds. The van der Waals surface area contributed by atoms with Crippen molar-refractivity contribution in [3.8, 4) is 11.1 Å². The summed E-state index contributed by atoms with van der Waals surface area (Å²) in [5.74, 6) is 0.837. The predicted molar refractivity (Wildman–Crippen MR) is 156 cm³/mol. The van der Waals surface area contributed by atoms with Gasteiger partial charge in [0.1, 0.15) is 11.6 Å². The normalized spacial score (nSPS) is 18.2. The van der Waals surface area contributed by atoms with Gasteiger partial charge in [-0.1, -0.05) is 13.0 Å². The van der Waals surface area contributed by atoms with Gasteiger partial charge in [-0.05, 0) is 67.1 Å². The van der Waals surface area contributed by atoms with Gasteiger partial charge in [0.2, 0.25) is 0 Å². The largest absolute Gasteiger partial charge is 0.389 e. The van der Waals surface area contributed by atoms with E-state index in [1.807, 2.05) is 45.0 Å². The highest BCUT2D eigenvalue weighted by Crippen LogP contribution is 2.33. The van der Waals surface area contributed by atoms with Crippen molar-refractivity contribution in [2.24, 2.45) is 5.92 Å². The highest BCUT2D eigenvalue weighted by molar-refractivity contribution is 7.59. The number of nitrogens with zero attached hydrogens (tertiary/aromatic N) is 3. The van der Waals surface area contributed by atoms with Gasteiger partial charge in [-0.3, -0.25) is 4.79 Å². The van der Waals surface area contributed by atoms with E-state index in [0.717, 1.165) is 22.5 Å². The monoisotopic (exact) mass is 581 g/mol. The molecule has 2 aliphatic rings. The van der Waals surface area contributed by atoms with Gasteiger partial charge < -0.3 is 25.2 Å². The smallest absolute Gasteiger partial charge is 0.378 e. The number of anilines is 3. The summed E-state index contributed by atoms with van der Waals surface area (Å²) in [4.78, 5) is 33.4. The maximum Gasteiger partial charge on any atom is 0.389 e. The lowest BCUT2D eigenvalue weighted by Gasteiger charge is -2.29. The van der Waals surface area contributed by atoms with Gasteiger partial charge >= 0.3 is 12.2 Å². The number of amides is 2. The van der Waals surface area contributed by atoms with E-state index in [2.05, 4.69) is 15.5 Å². The summed E-state index contributed by atoms with van der Waals surface area (Å²) in [6.45, 7) is 8.57. The third kappa shape index (κ3) is 8.26. The molecular weight excluding hydrogens is 543 g/mol. The third-order valence-electron chi connectivity index (χ3n) is 7.24. The highest BCUT2D eigenvalue weighted by atomic mass is 32.1. The number of halogens is 3. The Bertz CT molecular complexity index is 1190. The zero-order valence-electron chi connectivity index (χ0n) is 23.1. The number of benzene rings is 1. The summed E-state index contributed by atoms with van der Waals surface area (Å²) >= 11 is 0. The average Bonchev–Trinajstić information content (AvgIpc) is 3.36. The average molecular weight is 582 g/mol. The summed E-state index contributed by atoms with van der Waals surface area (Å²) < 4.78 is 43.8. The molecular formula is C28H38F3N5O3S. The SMILES string of the molecule is CCC(=O)[C@H](C)Nc1cc(-c2cc(NC(=O)N3CC[C@@H](CC(F)(F)F)C3)ccc2C)cc(N2CCOCC2)n1.S. The molecule has 12 heteroatoms. The molecule has 3 heterocycles. The third-order valence-corrected chi connectivity index (χ3v) is 7.24. The van der Waals surface area contributed by atoms with Crippen molar-refractivity contribution in [1.29, 1.82) is 0 Å². The molecule has 2 fully saturated rings. The number of aryl methyl sites for hydroxylation is 1. The summed E-state index contributed by atoms with van der Waals surface area (Å²) in [7, 11) is 0. The minimum atomic E-state index is -4.23. The zero-order chi connectivity index (χ0) is 28.2. The number of carbonyl (C=O) groups is 2. The fraction of sp³-hybridized carbons (Fsp3) is 0.536. The van der Waals surface area contributed by atoms with E-state index >= 15 is 0 Å². The van der Waals surface area contributed by atoms with Crippen molar-refractivity contribution in [1.82, 2.24) is 9.88 Å². The van der Waals surface area contributed by atoms with Crippen LogP contribution in [0.25, 0.3) is 11.1 Å². The quantitative estimate of drug-likeness (QED) is 0.423. The Morgan fingerprint density at radius 3 is 2.55 bits per heavy atom. The number of rotatable bonds is 8. The van der Waals surface area contributed by atoms with Crippen molar-refractivity contribution in [2.75, 3.05) is 54.9 Å². The van der Waals surface area contributed by atoms with Crippen LogP contribution in [0.5, 0.6) is 0 Å². The number of ether oxygens (including phenoxy) is 1. The van der Waals surface area contributed by atoms with Crippen LogP contribution < -0.4 is 15.5 Å². The number of alkyl halides is 3. The predicted octanol–water partition coefficient (Wildman–Crippen LogP) is 5.59. The van der Waals surface area contributed by atoms with Crippen molar-refractivity contribution >= 4 is 42.6 Å². The number of pyridine rings is 1. The maximum absolute atomic E-state index is 12.9. The minimum absolute atomic E-state index is 0. The van der Waals surface area contributed by atoms with Crippen molar-refractivity contribution in [3.63, 3.8) is 0 Å². The van der Waals surface area contributed by atoms with Crippen LogP contribution in [0.15, 0.2) is 30.3 Å². The molecule has 0 spiro atoms. The molecule has 1 aromatic heterocycles. The van der Waals surface area contributed by atoms with Crippen molar-refractivity contribution in [2.45, 2.75) is 52.3 Å². The molecule has 0 radical (unpaired) electrons. The molecule has 220 valence electrons. The van der Waals surface area contributed by atoms with Crippen LogP contribution in [-0.2, 0) is 9.53 Å². The lowest BCUT2D eigenvalue weighted by Crippen LogP contribution is -2.37. The lowest BCUT2D eigenvalue weighted by atomic mass is 10.00. The van der Waals surface area contributed by atoms with Gasteiger partial charge in [0.05, 0.1) is 19.3 Å². The van der Waals surface area contributed by atoms with Crippen LogP contribution in [0.2, 0.25) is 0 Å². The standard InChI is InChI=1S/C28H36F3N5O3.H2S/c1-4-24(37)19(3)32-25-13-21(14-26(34-25)35-9-11-39-12-10-35)23-15-22(6-5-18(23)2)33-27(38)36-8-7-20(17-36)16-28(29,30)31;/h5-6,13-15,19-20H,4,7-12,16-17H2,1-3H3,(H,32,34)(H,33,38);1H2/t19-,20-;/m0./s1. The van der Waals surface area contributed by atoms with Gasteiger partial charge in [-0.2, -0.15) is 26.7 Å². The molecule has 2 saturated heterocycles. The topological polar surface area (TPSA) is 86.8 Å². The number of carbonyl (C=O) groups excluding carboxylic acids is 2.